The summed E-state index contributed by atoms with van der Waals surface area (Å²) >= 11 is 0. The highest BCUT2D eigenvalue weighted by Gasteiger charge is 2.37. The molecule has 1 aliphatic carbocycles. The molecule has 1 aliphatic rings. The molecular formula is C46H33N3. The third kappa shape index (κ3) is 4.86. The minimum absolute atomic E-state index is 0.190. The van der Waals surface area contributed by atoms with Crippen LogP contribution in [0.5, 0.6) is 0 Å². The van der Waals surface area contributed by atoms with E-state index in [9.17, 15) is 0 Å². The van der Waals surface area contributed by atoms with Crippen LogP contribution in [0.25, 0.3) is 78.3 Å². The highest BCUT2D eigenvalue weighted by atomic mass is 15.0. The second-order valence-electron chi connectivity index (χ2n) is 13.2. The standard InChI is InChI=1S/C46H33N3/c1-46(2)40-26-12-11-23-36(40)37-28-27-32-19-14-25-39(41(32)42(37)46)45-48-43(34-21-13-20-33(29-34)30-15-5-3-6-16-30)47-44(49-45)38-24-10-9-22-35(38)31-17-7-4-8-18-31/h3-29H,1-2H3. The van der Waals surface area contributed by atoms with E-state index in [1.54, 1.807) is 0 Å². The average Bonchev–Trinajstić information content (AvgIpc) is 3.41. The van der Waals surface area contributed by atoms with Crippen LogP contribution in [0, 0.1) is 0 Å². The van der Waals surface area contributed by atoms with Gasteiger partial charge in [0.05, 0.1) is 0 Å². The van der Waals surface area contributed by atoms with Crippen molar-refractivity contribution in [2.45, 2.75) is 19.3 Å². The Bertz CT molecular complexity index is 2520. The van der Waals surface area contributed by atoms with Crippen molar-refractivity contribution >= 4 is 10.8 Å². The summed E-state index contributed by atoms with van der Waals surface area (Å²) < 4.78 is 0. The molecule has 9 rings (SSSR count). The van der Waals surface area contributed by atoms with E-state index in [1.165, 1.54) is 33.0 Å². The molecule has 0 amide bonds. The fourth-order valence-electron chi connectivity index (χ4n) is 7.60. The van der Waals surface area contributed by atoms with Crippen molar-refractivity contribution in [1.82, 2.24) is 15.0 Å². The molecule has 1 heterocycles. The maximum atomic E-state index is 5.32. The summed E-state index contributed by atoms with van der Waals surface area (Å²) in [6.45, 7) is 4.67. The number of nitrogens with zero attached hydrogens (tertiary/aromatic N) is 3. The number of aromatic nitrogens is 3. The molecule has 0 unspecified atom stereocenters. The van der Waals surface area contributed by atoms with Gasteiger partial charge in [-0.1, -0.05) is 172 Å². The molecule has 0 fully saturated rings. The van der Waals surface area contributed by atoms with Crippen molar-refractivity contribution in [3.63, 3.8) is 0 Å². The van der Waals surface area contributed by atoms with Crippen LogP contribution >= 0.6 is 0 Å². The molecular weight excluding hydrogens is 595 g/mol. The molecule has 49 heavy (non-hydrogen) atoms. The smallest absolute Gasteiger partial charge is 0.164 e. The SMILES string of the molecule is CC1(C)c2ccccc2-c2ccc3cccc(-c4nc(-c5cccc(-c6ccccc6)c5)nc(-c5ccccc5-c5ccccc5)n4)c3c21. The van der Waals surface area contributed by atoms with Gasteiger partial charge in [0, 0.05) is 22.1 Å². The molecule has 0 atom stereocenters. The first-order valence-electron chi connectivity index (χ1n) is 16.8. The Morgan fingerprint density at radius 2 is 0.918 bits per heavy atom. The lowest BCUT2D eigenvalue weighted by Gasteiger charge is -2.24. The molecule has 8 aromatic rings. The second-order valence-corrected chi connectivity index (χ2v) is 13.2. The van der Waals surface area contributed by atoms with E-state index in [0.717, 1.165) is 38.9 Å². The fourth-order valence-corrected chi connectivity index (χ4v) is 7.60. The van der Waals surface area contributed by atoms with Crippen LogP contribution < -0.4 is 0 Å². The number of hydrogen-bond donors (Lipinski definition) is 0. The predicted molar refractivity (Wildman–Crippen MR) is 202 cm³/mol. The van der Waals surface area contributed by atoms with Crippen LogP contribution in [0.2, 0.25) is 0 Å². The van der Waals surface area contributed by atoms with Gasteiger partial charge in [0.1, 0.15) is 0 Å². The molecule has 0 spiro atoms. The zero-order chi connectivity index (χ0) is 33.0. The van der Waals surface area contributed by atoms with E-state index in [0.29, 0.717) is 17.5 Å². The Labute approximate surface area is 286 Å². The Kier molecular flexibility index (Phi) is 6.80. The van der Waals surface area contributed by atoms with Crippen LogP contribution in [0.1, 0.15) is 25.0 Å². The first-order valence-corrected chi connectivity index (χ1v) is 16.8. The monoisotopic (exact) mass is 627 g/mol. The fraction of sp³-hybridized carbons (Fsp3) is 0.0652. The highest BCUT2D eigenvalue weighted by molar-refractivity contribution is 6.04. The second kappa shape index (κ2) is 11.5. The summed E-state index contributed by atoms with van der Waals surface area (Å²) in [6, 6.07) is 57.6. The summed E-state index contributed by atoms with van der Waals surface area (Å²) in [7, 11) is 0. The molecule has 0 saturated heterocycles. The van der Waals surface area contributed by atoms with Crippen LogP contribution in [-0.2, 0) is 5.41 Å². The molecule has 0 saturated carbocycles. The van der Waals surface area contributed by atoms with Gasteiger partial charge in [-0.05, 0) is 61.3 Å². The molecule has 0 radical (unpaired) electrons. The summed E-state index contributed by atoms with van der Waals surface area (Å²) in [5.74, 6) is 1.96. The number of benzene rings is 7. The first kappa shape index (κ1) is 29.0. The summed E-state index contributed by atoms with van der Waals surface area (Å²) in [4.78, 5) is 15.8. The lowest BCUT2D eigenvalue weighted by Crippen LogP contribution is -2.16. The molecule has 0 bridgehead atoms. The zero-order valence-electron chi connectivity index (χ0n) is 27.4. The van der Waals surface area contributed by atoms with E-state index in [1.807, 2.05) is 12.1 Å². The van der Waals surface area contributed by atoms with E-state index < -0.39 is 0 Å². The quantitative estimate of drug-likeness (QED) is 0.191. The van der Waals surface area contributed by atoms with Gasteiger partial charge in [-0.15, -0.1) is 0 Å². The van der Waals surface area contributed by atoms with E-state index in [4.69, 9.17) is 15.0 Å². The van der Waals surface area contributed by atoms with Crippen LogP contribution in [0.3, 0.4) is 0 Å². The predicted octanol–water partition coefficient (Wildman–Crippen LogP) is 11.7. The number of rotatable bonds is 5. The normalized spacial score (nSPS) is 12.9. The van der Waals surface area contributed by atoms with Gasteiger partial charge < -0.3 is 0 Å². The lowest BCUT2D eigenvalue weighted by molar-refractivity contribution is 0.666. The van der Waals surface area contributed by atoms with Crippen molar-refractivity contribution in [2.75, 3.05) is 0 Å². The number of fused-ring (bicyclic) bond motifs is 5. The third-order valence-corrected chi connectivity index (χ3v) is 9.92. The average molecular weight is 628 g/mol. The molecule has 1 aromatic heterocycles. The van der Waals surface area contributed by atoms with Gasteiger partial charge in [0.25, 0.3) is 0 Å². The van der Waals surface area contributed by atoms with E-state index in [-0.39, 0.29) is 5.41 Å². The van der Waals surface area contributed by atoms with Crippen molar-refractivity contribution in [2.24, 2.45) is 0 Å². The maximum Gasteiger partial charge on any atom is 0.164 e. The van der Waals surface area contributed by atoms with Crippen LogP contribution in [-0.4, -0.2) is 15.0 Å². The van der Waals surface area contributed by atoms with Crippen LogP contribution in [0.15, 0.2) is 164 Å². The Morgan fingerprint density at radius 3 is 1.69 bits per heavy atom. The summed E-state index contributed by atoms with van der Waals surface area (Å²) in [5.41, 5.74) is 12.5. The minimum Gasteiger partial charge on any atom is -0.208 e. The molecule has 7 aromatic carbocycles. The third-order valence-electron chi connectivity index (χ3n) is 9.92. The van der Waals surface area contributed by atoms with Gasteiger partial charge in [-0.3, -0.25) is 0 Å². The minimum atomic E-state index is -0.190. The van der Waals surface area contributed by atoms with Crippen LogP contribution in [0.4, 0.5) is 0 Å². The lowest BCUT2D eigenvalue weighted by atomic mass is 9.79. The van der Waals surface area contributed by atoms with E-state index >= 15 is 0 Å². The van der Waals surface area contributed by atoms with E-state index in [2.05, 4.69) is 166 Å². The van der Waals surface area contributed by atoms with Gasteiger partial charge in [-0.2, -0.15) is 0 Å². The zero-order valence-corrected chi connectivity index (χ0v) is 27.4. The summed E-state index contributed by atoms with van der Waals surface area (Å²) in [5, 5.41) is 2.37. The highest BCUT2D eigenvalue weighted by Crippen LogP contribution is 2.52. The molecule has 3 heteroatoms. The molecule has 0 aliphatic heterocycles. The van der Waals surface area contributed by atoms with Gasteiger partial charge >= 0.3 is 0 Å². The molecule has 232 valence electrons. The van der Waals surface area contributed by atoms with Crippen molar-refractivity contribution in [1.29, 1.82) is 0 Å². The Morgan fingerprint density at radius 1 is 0.367 bits per heavy atom. The first-order chi connectivity index (χ1) is 24.1. The van der Waals surface area contributed by atoms with Crippen molar-refractivity contribution in [3.05, 3.63) is 175 Å². The van der Waals surface area contributed by atoms with Gasteiger partial charge in [0.15, 0.2) is 17.5 Å². The topological polar surface area (TPSA) is 38.7 Å². The van der Waals surface area contributed by atoms with Crippen molar-refractivity contribution < 1.29 is 0 Å². The largest absolute Gasteiger partial charge is 0.208 e. The molecule has 0 N–H and O–H groups in total. The number of hydrogen-bond acceptors (Lipinski definition) is 3. The van der Waals surface area contributed by atoms with Gasteiger partial charge in [0.2, 0.25) is 0 Å². The molecule has 3 nitrogen and oxygen atoms in total. The Hall–Kier alpha value is -6.19. The van der Waals surface area contributed by atoms with Crippen molar-refractivity contribution in [3.8, 4) is 67.5 Å². The Balaban J connectivity index is 1.32. The summed E-state index contributed by atoms with van der Waals surface area (Å²) in [6.07, 6.45) is 0. The van der Waals surface area contributed by atoms with Gasteiger partial charge in [-0.25, -0.2) is 15.0 Å². The maximum absolute atomic E-state index is 5.32.